The third-order valence-corrected chi connectivity index (χ3v) is 3.66. The number of carbonyl (C=O) groups excluding carboxylic acids is 2. The second-order valence-corrected chi connectivity index (χ2v) is 5.37. The molecule has 0 fully saturated rings. The van der Waals surface area contributed by atoms with Crippen LogP contribution < -0.4 is 11.1 Å². The van der Waals surface area contributed by atoms with Crippen LogP contribution in [0.15, 0.2) is 12.3 Å². The van der Waals surface area contributed by atoms with E-state index >= 15 is 0 Å². The summed E-state index contributed by atoms with van der Waals surface area (Å²) < 4.78 is 2.77. The van der Waals surface area contributed by atoms with E-state index in [1.54, 1.807) is 13.8 Å². The van der Waals surface area contributed by atoms with E-state index in [0.29, 0.717) is 18.7 Å². The molecule has 25 heavy (non-hydrogen) atoms. The molecule has 1 atom stereocenters. The Labute approximate surface area is 142 Å². The monoisotopic (exact) mass is 349 g/mol. The lowest BCUT2D eigenvalue weighted by Crippen LogP contribution is -2.28. The minimum absolute atomic E-state index is 0.0479. The van der Waals surface area contributed by atoms with E-state index < -0.39 is 22.8 Å². The second-order valence-electron chi connectivity index (χ2n) is 5.37. The van der Waals surface area contributed by atoms with Crippen molar-refractivity contribution in [1.82, 2.24) is 19.6 Å². The quantitative estimate of drug-likeness (QED) is 0.562. The van der Waals surface area contributed by atoms with Gasteiger partial charge >= 0.3 is 5.82 Å². The Bertz CT molecular complexity index is 823. The molecule has 0 radical (unpaired) electrons. The first-order valence-electron chi connectivity index (χ1n) is 7.67. The molecule has 0 aliphatic heterocycles. The highest BCUT2D eigenvalue weighted by molar-refractivity contribution is 6.02. The summed E-state index contributed by atoms with van der Waals surface area (Å²) in [5.74, 6) is -1.57. The summed E-state index contributed by atoms with van der Waals surface area (Å²) in [6.45, 7) is 5.70. The van der Waals surface area contributed by atoms with Crippen molar-refractivity contribution < 1.29 is 14.5 Å². The maximum absolute atomic E-state index is 12.6. The van der Waals surface area contributed by atoms with E-state index in [1.807, 2.05) is 6.92 Å². The number of nitrogens with zero attached hydrogens (tertiary/aromatic N) is 5. The number of hydrogen-bond donors (Lipinski definition) is 2. The SMILES string of the molecule is CCC(C(=O)Nc1cn(CC)nc1C(N)=O)n1nc([N+](=O)[O-])cc1C. The summed E-state index contributed by atoms with van der Waals surface area (Å²) >= 11 is 0. The van der Waals surface area contributed by atoms with Crippen LogP contribution in [0.5, 0.6) is 0 Å². The zero-order valence-electron chi connectivity index (χ0n) is 14.1. The van der Waals surface area contributed by atoms with Crippen LogP contribution >= 0.6 is 0 Å². The maximum atomic E-state index is 12.6. The second kappa shape index (κ2) is 7.11. The number of aromatic nitrogens is 4. The zero-order chi connectivity index (χ0) is 18.7. The van der Waals surface area contributed by atoms with Gasteiger partial charge in [-0.15, -0.1) is 0 Å². The van der Waals surface area contributed by atoms with E-state index in [-0.39, 0.29) is 17.2 Å². The Morgan fingerprint density at radius 1 is 1.40 bits per heavy atom. The van der Waals surface area contributed by atoms with Crippen LogP contribution in [0.2, 0.25) is 0 Å². The summed E-state index contributed by atoms with van der Waals surface area (Å²) in [5, 5.41) is 21.3. The Kier molecular flexibility index (Phi) is 5.15. The average Bonchev–Trinajstić information content (AvgIpc) is 3.12. The fourth-order valence-electron chi connectivity index (χ4n) is 2.42. The number of carbonyl (C=O) groups is 2. The minimum atomic E-state index is -0.778. The predicted molar refractivity (Wildman–Crippen MR) is 88.0 cm³/mol. The van der Waals surface area contributed by atoms with E-state index in [2.05, 4.69) is 15.5 Å². The molecule has 2 amide bonds. The third-order valence-electron chi connectivity index (χ3n) is 3.66. The van der Waals surface area contributed by atoms with Crippen molar-refractivity contribution in [2.45, 2.75) is 39.8 Å². The number of nitrogens with one attached hydrogen (secondary N) is 1. The van der Waals surface area contributed by atoms with Crippen LogP contribution in [0.3, 0.4) is 0 Å². The number of nitrogens with two attached hydrogens (primary N) is 1. The highest BCUT2D eigenvalue weighted by Crippen LogP contribution is 2.21. The fourth-order valence-corrected chi connectivity index (χ4v) is 2.42. The van der Waals surface area contributed by atoms with E-state index in [0.717, 1.165) is 0 Å². The molecule has 1 unspecified atom stereocenters. The number of amides is 2. The van der Waals surface area contributed by atoms with Gasteiger partial charge in [-0.05, 0) is 25.2 Å². The van der Waals surface area contributed by atoms with Crippen molar-refractivity contribution in [3.63, 3.8) is 0 Å². The number of hydrogen-bond acceptors (Lipinski definition) is 6. The standard InChI is InChI=1S/C14H19N7O4/c1-4-10(20-8(3)6-11(17-20)21(24)25)14(23)16-9-7-19(5-2)18-12(9)13(15)22/h6-7,10H,4-5H2,1-3H3,(H2,15,22)(H,16,23). The summed E-state index contributed by atoms with van der Waals surface area (Å²) in [6, 6.07) is 0.513. The molecule has 134 valence electrons. The lowest BCUT2D eigenvalue weighted by atomic mass is 10.2. The Hall–Kier alpha value is -3.24. The third kappa shape index (κ3) is 3.65. The van der Waals surface area contributed by atoms with Gasteiger partial charge in [-0.3, -0.25) is 14.3 Å². The highest BCUT2D eigenvalue weighted by atomic mass is 16.6. The summed E-state index contributed by atoms with van der Waals surface area (Å²) in [4.78, 5) is 34.3. The van der Waals surface area contributed by atoms with Gasteiger partial charge < -0.3 is 21.2 Å². The molecular formula is C14H19N7O4. The van der Waals surface area contributed by atoms with Crippen LogP contribution in [0.25, 0.3) is 0 Å². The van der Waals surface area contributed by atoms with Gasteiger partial charge in [-0.1, -0.05) is 6.92 Å². The van der Waals surface area contributed by atoms with Crippen LogP contribution in [0.4, 0.5) is 11.5 Å². The summed E-state index contributed by atoms with van der Waals surface area (Å²) in [5.41, 5.74) is 5.90. The van der Waals surface area contributed by atoms with Gasteiger partial charge in [-0.2, -0.15) is 9.78 Å². The molecule has 11 nitrogen and oxygen atoms in total. The lowest BCUT2D eigenvalue weighted by molar-refractivity contribution is -0.389. The Balaban J connectivity index is 2.31. The van der Waals surface area contributed by atoms with E-state index in [1.165, 1.54) is 21.6 Å². The normalized spacial score (nSPS) is 12.0. The summed E-state index contributed by atoms with van der Waals surface area (Å²) in [7, 11) is 0. The Morgan fingerprint density at radius 3 is 2.56 bits per heavy atom. The largest absolute Gasteiger partial charge is 0.390 e. The molecule has 0 aromatic carbocycles. The van der Waals surface area contributed by atoms with Gasteiger partial charge in [0.25, 0.3) is 11.8 Å². The molecule has 11 heteroatoms. The molecular weight excluding hydrogens is 330 g/mol. The van der Waals surface area contributed by atoms with Crippen molar-refractivity contribution in [2.24, 2.45) is 5.73 Å². The summed E-state index contributed by atoms with van der Waals surface area (Å²) in [6.07, 6.45) is 1.85. The lowest BCUT2D eigenvalue weighted by Gasteiger charge is -2.13. The first-order valence-corrected chi connectivity index (χ1v) is 7.67. The first kappa shape index (κ1) is 18.1. The molecule has 0 saturated heterocycles. The van der Waals surface area contributed by atoms with Crippen molar-refractivity contribution in [1.29, 1.82) is 0 Å². The number of aryl methyl sites for hydroxylation is 2. The molecule has 2 heterocycles. The molecule has 3 N–H and O–H groups in total. The fraction of sp³-hybridized carbons (Fsp3) is 0.429. The smallest absolute Gasteiger partial charge is 0.364 e. The average molecular weight is 349 g/mol. The van der Waals surface area contributed by atoms with Crippen molar-refractivity contribution in [2.75, 3.05) is 5.32 Å². The van der Waals surface area contributed by atoms with Gasteiger partial charge in [0, 0.05) is 12.7 Å². The van der Waals surface area contributed by atoms with E-state index in [4.69, 9.17) is 5.73 Å². The van der Waals surface area contributed by atoms with E-state index in [9.17, 15) is 19.7 Å². The Morgan fingerprint density at radius 2 is 2.08 bits per heavy atom. The molecule has 2 aromatic heterocycles. The van der Waals surface area contributed by atoms with Crippen molar-refractivity contribution in [3.8, 4) is 0 Å². The number of rotatable bonds is 7. The van der Waals surface area contributed by atoms with Crippen molar-refractivity contribution in [3.05, 3.63) is 33.8 Å². The predicted octanol–water partition coefficient (Wildman–Crippen LogP) is 1.00. The van der Waals surface area contributed by atoms with Crippen LogP contribution in [-0.4, -0.2) is 36.3 Å². The van der Waals surface area contributed by atoms with Crippen LogP contribution in [0, 0.1) is 17.0 Å². The van der Waals surface area contributed by atoms with Gasteiger partial charge in [0.15, 0.2) is 11.7 Å². The minimum Gasteiger partial charge on any atom is -0.364 e. The van der Waals surface area contributed by atoms with Gasteiger partial charge in [0.2, 0.25) is 0 Å². The molecule has 0 spiro atoms. The number of primary amides is 1. The van der Waals surface area contributed by atoms with Gasteiger partial charge in [0.05, 0.1) is 22.5 Å². The molecule has 2 aromatic rings. The number of anilines is 1. The van der Waals surface area contributed by atoms with Crippen molar-refractivity contribution >= 4 is 23.3 Å². The molecule has 0 aliphatic rings. The van der Waals surface area contributed by atoms with Crippen LogP contribution in [-0.2, 0) is 11.3 Å². The first-order chi connectivity index (χ1) is 11.8. The molecule has 0 bridgehead atoms. The molecule has 2 rings (SSSR count). The topological polar surface area (TPSA) is 151 Å². The zero-order valence-corrected chi connectivity index (χ0v) is 14.1. The van der Waals surface area contributed by atoms with Crippen LogP contribution in [0.1, 0.15) is 42.5 Å². The van der Waals surface area contributed by atoms with Gasteiger partial charge in [0.1, 0.15) is 0 Å². The van der Waals surface area contributed by atoms with Gasteiger partial charge in [-0.25, -0.2) is 0 Å². The molecule has 0 aliphatic carbocycles. The molecule has 0 saturated carbocycles. The highest BCUT2D eigenvalue weighted by Gasteiger charge is 2.28. The maximum Gasteiger partial charge on any atom is 0.390 e. The number of nitro groups is 1.